The van der Waals surface area contributed by atoms with Crippen molar-refractivity contribution in [3.8, 4) is 5.75 Å². The predicted octanol–water partition coefficient (Wildman–Crippen LogP) is 2.43. The van der Waals surface area contributed by atoms with Crippen molar-refractivity contribution in [3.05, 3.63) is 28.3 Å². The van der Waals surface area contributed by atoms with Gasteiger partial charge in [-0.3, -0.25) is 19.7 Å². The Hall–Kier alpha value is -2.64. The highest BCUT2D eigenvalue weighted by molar-refractivity contribution is 5.93. The maximum absolute atomic E-state index is 12.3. The Bertz CT molecular complexity index is 630. The number of methoxy groups -OCH3 is 1. The molecule has 1 aliphatic rings. The molecule has 1 saturated carbocycles. The van der Waals surface area contributed by atoms with E-state index < -0.39 is 22.7 Å². The molecule has 0 radical (unpaired) electrons. The van der Waals surface area contributed by atoms with Gasteiger partial charge >= 0.3 is 11.7 Å². The molecule has 1 amide bonds. The van der Waals surface area contributed by atoms with Gasteiger partial charge in [0.1, 0.15) is 0 Å². The molecular weight excluding hydrogens is 304 g/mol. The lowest BCUT2D eigenvalue weighted by Crippen LogP contribution is -2.30. The van der Waals surface area contributed by atoms with Crippen LogP contribution in [0.25, 0.3) is 0 Å². The van der Waals surface area contributed by atoms with E-state index in [1.165, 1.54) is 25.3 Å². The van der Waals surface area contributed by atoms with Gasteiger partial charge in [-0.2, -0.15) is 0 Å². The minimum atomic E-state index is -0.886. The average Bonchev–Trinajstić information content (AvgIpc) is 2.54. The minimum Gasteiger partial charge on any atom is -0.490 e. The summed E-state index contributed by atoms with van der Waals surface area (Å²) in [4.78, 5) is 33.7. The molecule has 2 N–H and O–H groups in total. The first kappa shape index (κ1) is 16.7. The van der Waals surface area contributed by atoms with E-state index in [1.807, 2.05) is 0 Å². The van der Waals surface area contributed by atoms with Crippen LogP contribution in [-0.4, -0.2) is 29.0 Å². The van der Waals surface area contributed by atoms with Gasteiger partial charge in [-0.05, 0) is 31.4 Å². The fourth-order valence-electron chi connectivity index (χ4n) is 2.81. The molecule has 2 atom stereocenters. The Labute approximate surface area is 132 Å². The van der Waals surface area contributed by atoms with Crippen molar-refractivity contribution >= 4 is 23.3 Å². The number of nitro groups is 1. The van der Waals surface area contributed by atoms with Crippen LogP contribution in [0.4, 0.5) is 11.4 Å². The van der Waals surface area contributed by atoms with Crippen LogP contribution in [0.15, 0.2) is 18.2 Å². The molecule has 8 heteroatoms. The summed E-state index contributed by atoms with van der Waals surface area (Å²) in [6.45, 7) is 0. The third kappa shape index (κ3) is 3.97. The Morgan fingerprint density at radius 1 is 1.35 bits per heavy atom. The number of anilines is 1. The van der Waals surface area contributed by atoms with Crippen LogP contribution in [0.2, 0.25) is 0 Å². The number of nitro benzene ring substituents is 1. The van der Waals surface area contributed by atoms with Gasteiger partial charge < -0.3 is 15.2 Å². The number of carboxylic acid groups (broad SMARTS) is 1. The summed E-state index contributed by atoms with van der Waals surface area (Å²) in [6.07, 6.45) is 2.16. The van der Waals surface area contributed by atoms with E-state index >= 15 is 0 Å². The number of carbonyl (C=O) groups is 2. The average molecular weight is 322 g/mol. The van der Waals surface area contributed by atoms with Crippen molar-refractivity contribution in [2.75, 3.05) is 12.4 Å². The topological polar surface area (TPSA) is 119 Å². The van der Waals surface area contributed by atoms with Gasteiger partial charge in [-0.1, -0.05) is 6.42 Å². The molecule has 0 aromatic heterocycles. The van der Waals surface area contributed by atoms with E-state index in [4.69, 9.17) is 9.84 Å². The van der Waals surface area contributed by atoms with Crippen molar-refractivity contribution in [2.45, 2.75) is 25.7 Å². The summed E-state index contributed by atoms with van der Waals surface area (Å²) in [5.74, 6) is -2.00. The lowest BCUT2D eigenvalue weighted by Gasteiger charge is -2.25. The first-order valence-corrected chi connectivity index (χ1v) is 7.28. The lowest BCUT2D eigenvalue weighted by atomic mass is 9.81. The standard InChI is InChI=1S/C15H18N2O6/c1-23-13-6-5-11(8-12(13)17(21)22)16-14(18)9-3-2-4-10(7-9)15(19)20/h5-6,8-10H,2-4,7H2,1H3,(H,16,18)(H,19,20). The number of hydrogen-bond donors (Lipinski definition) is 2. The summed E-state index contributed by atoms with van der Waals surface area (Å²) >= 11 is 0. The highest BCUT2D eigenvalue weighted by atomic mass is 16.6. The molecule has 1 fully saturated rings. The summed E-state index contributed by atoms with van der Waals surface area (Å²) in [7, 11) is 1.33. The second kappa shape index (κ2) is 7.08. The van der Waals surface area contributed by atoms with E-state index in [1.54, 1.807) is 0 Å². The largest absolute Gasteiger partial charge is 0.490 e. The van der Waals surface area contributed by atoms with Crippen molar-refractivity contribution in [1.29, 1.82) is 0 Å². The second-order valence-corrected chi connectivity index (χ2v) is 5.53. The molecule has 124 valence electrons. The van der Waals surface area contributed by atoms with Crippen LogP contribution >= 0.6 is 0 Å². The number of benzene rings is 1. The van der Waals surface area contributed by atoms with E-state index in [-0.39, 0.29) is 17.3 Å². The number of aliphatic carboxylic acids is 1. The predicted molar refractivity (Wildman–Crippen MR) is 81.4 cm³/mol. The summed E-state index contributed by atoms with van der Waals surface area (Å²) in [5.41, 5.74) is 0.0531. The Morgan fingerprint density at radius 2 is 2.04 bits per heavy atom. The fourth-order valence-corrected chi connectivity index (χ4v) is 2.81. The van der Waals surface area contributed by atoms with Crippen LogP contribution < -0.4 is 10.1 Å². The number of rotatable bonds is 5. The van der Waals surface area contributed by atoms with Gasteiger partial charge in [-0.15, -0.1) is 0 Å². The maximum Gasteiger partial charge on any atom is 0.312 e. The van der Waals surface area contributed by atoms with Crippen molar-refractivity contribution < 1.29 is 24.4 Å². The first-order valence-electron chi connectivity index (χ1n) is 7.28. The van der Waals surface area contributed by atoms with Crippen LogP contribution in [0.1, 0.15) is 25.7 Å². The van der Waals surface area contributed by atoms with Crippen LogP contribution in [-0.2, 0) is 9.59 Å². The number of nitrogens with zero attached hydrogens (tertiary/aromatic N) is 1. The third-order valence-corrected chi connectivity index (χ3v) is 4.04. The molecule has 8 nitrogen and oxygen atoms in total. The Balaban J connectivity index is 2.09. The number of hydrogen-bond acceptors (Lipinski definition) is 5. The molecule has 0 saturated heterocycles. The zero-order valence-corrected chi connectivity index (χ0v) is 12.7. The summed E-state index contributed by atoms with van der Waals surface area (Å²) in [5, 5.41) is 22.7. The smallest absolute Gasteiger partial charge is 0.312 e. The quantitative estimate of drug-likeness (QED) is 0.635. The molecule has 0 aliphatic heterocycles. The summed E-state index contributed by atoms with van der Waals surface area (Å²) < 4.78 is 4.90. The van der Waals surface area contributed by atoms with Gasteiger partial charge in [0.2, 0.25) is 5.91 Å². The zero-order valence-electron chi connectivity index (χ0n) is 12.7. The second-order valence-electron chi connectivity index (χ2n) is 5.53. The number of ether oxygens (including phenoxy) is 1. The van der Waals surface area contributed by atoms with Gasteiger partial charge in [0.15, 0.2) is 5.75 Å². The summed E-state index contributed by atoms with van der Waals surface area (Å²) in [6, 6.07) is 4.16. The molecular formula is C15H18N2O6. The van der Waals surface area contributed by atoms with Crippen LogP contribution in [0.5, 0.6) is 5.75 Å². The molecule has 2 rings (SSSR count). The Morgan fingerprint density at radius 3 is 2.65 bits per heavy atom. The lowest BCUT2D eigenvalue weighted by molar-refractivity contribution is -0.385. The molecule has 1 aromatic carbocycles. The number of carbonyl (C=O) groups excluding carboxylic acids is 1. The molecule has 23 heavy (non-hydrogen) atoms. The number of nitrogens with one attached hydrogen (secondary N) is 1. The molecule has 0 bridgehead atoms. The van der Waals surface area contributed by atoms with E-state index in [9.17, 15) is 19.7 Å². The highest BCUT2D eigenvalue weighted by Crippen LogP contribution is 2.32. The van der Waals surface area contributed by atoms with E-state index in [2.05, 4.69) is 5.32 Å². The van der Waals surface area contributed by atoms with Gasteiger partial charge in [0.25, 0.3) is 0 Å². The maximum atomic E-state index is 12.3. The van der Waals surface area contributed by atoms with Crippen LogP contribution in [0.3, 0.4) is 0 Å². The van der Waals surface area contributed by atoms with Crippen molar-refractivity contribution in [1.82, 2.24) is 0 Å². The van der Waals surface area contributed by atoms with Crippen LogP contribution in [0, 0.1) is 22.0 Å². The van der Waals surface area contributed by atoms with Gasteiger partial charge in [0, 0.05) is 17.7 Å². The molecule has 0 spiro atoms. The third-order valence-electron chi connectivity index (χ3n) is 4.04. The van der Waals surface area contributed by atoms with E-state index in [0.717, 1.165) is 0 Å². The number of amides is 1. The first-order chi connectivity index (χ1) is 10.9. The van der Waals surface area contributed by atoms with Gasteiger partial charge in [0.05, 0.1) is 18.0 Å². The molecule has 0 heterocycles. The van der Waals surface area contributed by atoms with E-state index in [0.29, 0.717) is 31.4 Å². The van der Waals surface area contributed by atoms with Crippen molar-refractivity contribution in [2.24, 2.45) is 11.8 Å². The molecule has 2 unspecified atom stereocenters. The number of carboxylic acids is 1. The molecule has 1 aromatic rings. The zero-order chi connectivity index (χ0) is 17.0. The van der Waals surface area contributed by atoms with Gasteiger partial charge in [-0.25, -0.2) is 0 Å². The normalized spacial score (nSPS) is 20.6. The molecule has 1 aliphatic carbocycles. The Kier molecular flexibility index (Phi) is 5.15. The van der Waals surface area contributed by atoms with Crippen molar-refractivity contribution in [3.63, 3.8) is 0 Å². The fraction of sp³-hybridized carbons (Fsp3) is 0.467. The highest BCUT2D eigenvalue weighted by Gasteiger charge is 2.31. The monoisotopic (exact) mass is 322 g/mol. The SMILES string of the molecule is COc1ccc(NC(=O)C2CCCC(C(=O)O)C2)cc1[N+](=O)[O-]. The minimum absolute atomic E-state index is 0.108.